The van der Waals surface area contributed by atoms with E-state index >= 15 is 0 Å². The summed E-state index contributed by atoms with van der Waals surface area (Å²) in [4.78, 5) is 8.92. The maximum Gasteiger partial charge on any atom is 0.273 e. The molecule has 34 heavy (non-hydrogen) atoms. The molecule has 0 aliphatic heterocycles. The molecule has 1 aliphatic carbocycles. The predicted molar refractivity (Wildman–Crippen MR) is 123 cm³/mol. The van der Waals surface area contributed by atoms with Crippen molar-refractivity contribution in [3.05, 3.63) is 53.1 Å². The second-order valence-corrected chi connectivity index (χ2v) is 8.58. The van der Waals surface area contributed by atoms with Crippen LogP contribution >= 0.6 is 0 Å². The number of aryl methyl sites for hydroxylation is 1. The number of nitrogens with one attached hydrogen (secondary N) is 1. The highest BCUT2D eigenvalue weighted by Gasteiger charge is 2.32. The number of methoxy groups -OCH3 is 2. The maximum absolute atomic E-state index is 14.7. The number of rotatable bonds is 10. The van der Waals surface area contributed by atoms with E-state index in [4.69, 9.17) is 14.2 Å². The van der Waals surface area contributed by atoms with Crippen LogP contribution in [0.5, 0.6) is 11.5 Å². The van der Waals surface area contributed by atoms with Crippen LogP contribution in [0, 0.1) is 18.7 Å². The molecule has 1 aromatic heterocycles. The standard InChI is InChI=1S/C25H28F3N3O3/c1-14-30-19-11-20(32-3)21(34-13-22(33-4)15-8-9-15)10-17(19)24(31-14)29-12-16-6-5-7-18(23(16)26)25(2,27)28/h5-7,10-11,15,22H,8-9,12-13H2,1-4H3,(H,29,30,31). The van der Waals surface area contributed by atoms with E-state index in [1.807, 2.05) is 0 Å². The topological polar surface area (TPSA) is 65.5 Å². The number of halogens is 3. The highest BCUT2D eigenvalue weighted by Crippen LogP contribution is 2.37. The van der Waals surface area contributed by atoms with Gasteiger partial charge in [0.25, 0.3) is 5.92 Å². The first-order chi connectivity index (χ1) is 16.2. The van der Waals surface area contributed by atoms with E-state index in [-0.39, 0.29) is 18.2 Å². The molecule has 1 aliphatic rings. The lowest BCUT2D eigenvalue weighted by Gasteiger charge is -2.18. The number of anilines is 1. The minimum absolute atomic E-state index is 0.000730. The Labute approximate surface area is 196 Å². The predicted octanol–water partition coefficient (Wildman–Crippen LogP) is 5.61. The minimum atomic E-state index is -3.28. The van der Waals surface area contributed by atoms with Crippen molar-refractivity contribution in [2.75, 3.05) is 26.1 Å². The SMILES string of the molecule is COc1cc2nc(C)nc(NCc3cccc(C(C)(F)F)c3F)c2cc1OCC(OC)C1CC1. The van der Waals surface area contributed by atoms with Gasteiger partial charge in [0.15, 0.2) is 11.5 Å². The van der Waals surface area contributed by atoms with Crippen LogP contribution in [0.4, 0.5) is 19.0 Å². The van der Waals surface area contributed by atoms with Gasteiger partial charge in [-0.2, -0.15) is 0 Å². The van der Waals surface area contributed by atoms with Crippen LogP contribution in [0.25, 0.3) is 10.9 Å². The van der Waals surface area contributed by atoms with Crippen LogP contribution in [0.2, 0.25) is 0 Å². The van der Waals surface area contributed by atoms with Crippen molar-refractivity contribution in [1.29, 1.82) is 0 Å². The minimum Gasteiger partial charge on any atom is -0.493 e. The van der Waals surface area contributed by atoms with Crippen molar-refractivity contribution >= 4 is 16.7 Å². The molecule has 182 valence electrons. The molecule has 0 amide bonds. The summed E-state index contributed by atoms with van der Waals surface area (Å²) >= 11 is 0. The summed E-state index contributed by atoms with van der Waals surface area (Å²) in [6.07, 6.45) is 2.25. The van der Waals surface area contributed by atoms with Gasteiger partial charge in [0.05, 0.1) is 24.3 Å². The van der Waals surface area contributed by atoms with Gasteiger partial charge in [-0.3, -0.25) is 0 Å². The fraction of sp³-hybridized carbons (Fsp3) is 0.440. The zero-order chi connectivity index (χ0) is 24.5. The monoisotopic (exact) mass is 475 g/mol. The maximum atomic E-state index is 14.7. The molecule has 0 radical (unpaired) electrons. The first-order valence-corrected chi connectivity index (χ1v) is 11.1. The number of hydrogen-bond acceptors (Lipinski definition) is 6. The van der Waals surface area contributed by atoms with Crippen LogP contribution in [0.15, 0.2) is 30.3 Å². The van der Waals surface area contributed by atoms with Crippen LogP contribution < -0.4 is 14.8 Å². The number of ether oxygens (including phenoxy) is 3. The third-order valence-electron chi connectivity index (χ3n) is 5.94. The van der Waals surface area contributed by atoms with Crippen molar-refractivity contribution in [3.63, 3.8) is 0 Å². The highest BCUT2D eigenvalue weighted by atomic mass is 19.3. The van der Waals surface area contributed by atoms with Crippen LogP contribution in [0.3, 0.4) is 0 Å². The number of fused-ring (bicyclic) bond motifs is 1. The number of nitrogens with zero attached hydrogens (tertiary/aromatic N) is 2. The van der Waals surface area contributed by atoms with Crippen molar-refractivity contribution < 1.29 is 27.4 Å². The average molecular weight is 476 g/mol. The third kappa shape index (κ3) is 5.19. The molecule has 1 fully saturated rings. The molecule has 4 rings (SSSR count). The Morgan fingerprint density at radius 3 is 2.56 bits per heavy atom. The second kappa shape index (κ2) is 9.66. The van der Waals surface area contributed by atoms with E-state index in [1.54, 1.807) is 33.3 Å². The number of alkyl halides is 2. The molecule has 0 spiro atoms. The van der Waals surface area contributed by atoms with Gasteiger partial charge in [0, 0.05) is 37.6 Å². The Morgan fingerprint density at radius 1 is 1.15 bits per heavy atom. The summed E-state index contributed by atoms with van der Waals surface area (Å²) in [6.45, 7) is 2.76. The summed E-state index contributed by atoms with van der Waals surface area (Å²) in [7, 11) is 3.22. The first-order valence-electron chi connectivity index (χ1n) is 11.1. The Morgan fingerprint density at radius 2 is 1.91 bits per heavy atom. The van der Waals surface area contributed by atoms with Gasteiger partial charge in [-0.1, -0.05) is 18.2 Å². The molecular formula is C25H28F3N3O3. The molecule has 3 aromatic rings. The number of aromatic nitrogens is 2. The van der Waals surface area contributed by atoms with Gasteiger partial charge < -0.3 is 19.5 Å². The van der Waals surface area contributed by atoms with E-state index in [9.17, 15) is 13.2 Å². The van der Waals surface area contributed by atoms with Gasteiger partial charge in [-0.25, -0.2) is 23.1 Å². The average Bonchev–Trinajstić information content (AvgIpc) is 3.62. The largest absolute Gasteiger partial charge is 0.493 e. The summed E-state index contributed by atoms with van der Waals surface area (Å²) in [6, 6.07) is 7.49. The van der Waals surface area contributed by atoms with Gasteiger partial charge in [0.1, 0.15) is 24.1 Å². The molecule has 6 nitrogen and oxygen atoms in total. The highest BCUT2D eigenvalue weighted by molar-refractivity contribution is 5.91. The summed E-state index contributed by atoms with van der Waals surface area (Å²) in [5.74, 6) is -1.75. The van der Waals surface area contributed by atoms with Gasteiger partial charge in [0.2, 0.25) is 0 Å². The third-order valence-corrected chi connectivity index (χ3v) is 5.94. The lowest BCUT2D eigenvalue weighted by atomic mass is 10.0. The van der Waals surface area contributed by atoms with E-state index in [2.05, 4.69) is 15.3 Å². The zero-order valence-electron chi connectivity index (χ0n) is 19.6. The fourth-order valence-corrected chi connectivity index (χ4v) is 3.93. The van der Waals surface area contributed by atoms with Crippen molar-refractivity contribution in [2.24, 2.45) is 5.92 Å². The summed E-state index contributed by atoms with van der Waals surface area (Å²) in [5.41, 5.74) is 0.0825. The second-order valence-electron chi connectivity index (χ2n) is 8.58. The molecule has 1 atom stereocenters. The number of benzene rings is 2. The van der Waals surface area contributed by atoms with Gasteiger partial charge >= 0.3 is 0 Å². The lowest BCUT2D eigenvalue weighted by molar-refractivity contribution is 0.0136. The Hall–Kier alpha value is -3.07. The van der Waals surface area contributed by atoms with E-state index in [1.165, 1.54) is 12.1 Å². The van der Waals surface area contributed by atoms with Gasteiger partial charge in [-0.05, 0) is 31.7 Å². The molecule has 2 aromatic carbocycles. The van der Waals surface area contributed by atoms with Gasteiger partial charge in [-0.15, -0.1) is 0 Å². The van der Waals surface area contributed by atoms with Crippen LogP contribution in [-0.4, -0.2) is 36.9 Å². The Bertz CT molecular complexity index is 1180. The molecule has 1 N–H and O–H groups in total. The molecule has 0 bridgehead atoms. The molecule has 0 saturated heterocycles. The fourth-order valence-electron chi connectivity index (χ4n) is 3.93. The first kappa shape index (κ1) is 24.1. The normalized spacial score (nSPS) is 14.8. The molecule has 1 unspecified atom stereocenters. The van der Waals surface area contributed by atoms with E-state index < -0.39 is 17.3 Å². The van der Waals surface area contributed by atoms with E-state index in [0.29, 0.717) is 53.5 Å². The summed E-state index contributed by atoms with van der Waals surface area (Å²) < 4.78 is 59.2. The van der Waals surface area contributed by atoms with Crippen LogP contribution in [0.1, 0.15) is 36.7 Å². The van der Waals surface area contributed by atoms with Crippen molar-refractivity contribution in [3.8, 4) is 11.5 Å². The zero-order valence-corrected chi connectivity index (χ0v) is 19.6. The molecule has 1 saturated carbocycles. The molecule has 9 heteroatoms. The Kier molecular flexibility index (Phi) is 6.84. The molecule has 1 heterocycles. The molecular weight excluding hydrogens is 447 g/mol. The Balaban J connectivity index is 1.63. The van der Waals surface area contributed by atoms with Crippen molar-refractivity contribution in [1.82, 2.24) is 9.97 Å². The lowest BCUT2D eigenvalue weighted by Crippen LogP contribution is -2.22. The quantitative estimate of drug-likeness (QED) is 0.411. The van der Waals surface area contributed by atoms with Crippen LogP contribution in [-0.2, 0) is 17.2 Å². The number of hydrogen-bond donors (Lipinski definition) is 1. The summed E-state index contributed by atoms with van der Waals surface area (Å²) in [5, 5.41) is 3.71. The van der Waals surface area contributed by atoms with E-state index in [0.717, 1.165) is 18.9 Å². The van der Waals surface area contributed by atoms with Crippen molar-refractivity contribution in [2.45, 2.75) is 45.3 Å². The smallest absolute Gasteiger partial charge is 0.273 e.